The fraction of sp³-hybridized carbons (Fsp3) is 0.353. The summed E-state index contributed by atoms with van der Waals surface area (Å²) in [4.78, 5) is 23.9. The molecule has 0 unspecified atom stereocenters. The average molecular weight is 294 g/mol. The first-order chi connectivity index (χ1) is 10.8. The van der Waals surface area contributed by atoms with Gasteiger partial charge in [0.15, 0.2) is 5.82 Å². The summed E-state index contributed by atoms with van der Waals surface area (Å²) < 4.78 is 0. The molecule has 2 aliphatic rings. The highest BCUT2D eigenvalue weighted by Gasteiger charge is 2.27. The lowest BCUT2D eigenvalue weighted by Gasteiger charge is -2.25. The molecule has 1 fully saturated rings. The predicted octanol–water partition coefficient (Wildman–Crippen LogP) is 2.03. The monoisotopic (exact) mass is 294 g/mol. The van der Waals surface area contributed by atoms with Gasteiger partial charge in [0.25, 0.3) is 5.91 Å². The number of hydrogen-bond acceptors (Lipinski definition) is 4. The Labute approximate surface area is 129 Å². The summed E-state index contributed by atoms with van der Waals surface area (Å²) in [5.41, 5.74) is 2.50. The standard InChI is InChI=1S/C17H18N4O/c22-17-14-13(8-9-18-17)16(21-10-4-5-11-21)20-15(19-14)12-6-2-1-3-7-12/h1-3,6-7H,4-5,8-11H2,(H,18,22). The summed E-state index contributed by atoms with van der Waals surface area (Å²) >= 11 is 0. The van der Waals surface area contributed by atoms with Gasteiger partial charge < -0.3 is 10.2 Å². The number of fused-ring (bicyclic) bond motifs is 1. The van der Waals surface area contributed by atoms with Gasteiger partial charge in [-0.3, -0.25) is 4.79 Å². The Morgan fingerprint density at radius 1 is 1.05 bits per heavy atom. The maximum absolute atomic E-state index is 12.2. The molecule has 112 valence electrons. The molecule has 0 bridgehead atoms. The van der Waals surface area contributed by atoms with Crippen molar-refractivity contribution in [3.63, 3.8) is 0 Å². The van der Waals surface area contributed by atoms with E-state index in [2.05, 4.69) is 15.2 Å². The van der Waals surface area contributed by atoms with Gasteiger partial charge in [-0.1, -0.05) is 30.3 Å². The minimum Gasteiger partial charge on any atom is -0.356 e. The van der Waals surface area contributed by atoms with E-state index in [-0.39, 0.29) is 5.91 Å². The predicted molar refractivity (Wildman–Crippen MR) is 85.0 cm³/mol. The largest absolute Gasteiger partial charge is 0.356 e. The van der Waals surface area contributed by atoms with Crippen molar-refractivity contribution in [2.45, 2.75) is 19.3 Å². The van der Waals surface area contributed by atoms with E-state index < -0.39 is 0 Å². The van der Waals surface area contributed by atoms with Gasteiger partial charge in [-0.05, 0) is 19.3 Å². The van der Waals surface area contributed by atoms with E-state index in [9.17, 15) is 4.79 Å². The molecule has 0 spiro atoms. The molecule has 3 heterocycles. The molecule has 1 amide bonds. The van der Waals surface area contributed by atoms with Gasteiger partial charge in [-0.15, -0.1) is 0 Å². The van der Waals surface area contributed by atoms with Gasteiger partial charge in [-0.2, -0.15) is 0 Å². The Kier molecular flexibility index (Phi) is 3.25. The first-order valence-corrected chi connectivity index (χ1v) is 7.82. The molecule has 22 heavy (non-hydrogen) atoms. The summed E-state index contributed by atoms with van der Waals surface area (Å²) in [6.07, 6.45) is 3.18. The topological polar surface area (TPSA) is 58.1 Å². The fourth-order valence-corrected chi connectivity index (χ4v) is 3.18. The lowest BCUT2D eigenvalue weighted by atomic mass is 10.1. The van der Waals surface area contributed by atoms with Crippen LogP contribution in [0.4, 0.5) is 5.82 Å². The van der Waals surface area contributed by atoms with Gasteiger partial charge >= 0.3 is 0 Å². The summed E-state index contributed by atoms with van der Waals surface area (Å²) in [5.74, 6) is 1.51. The lowest BCUT2D eigenvalue weighted by molar-refractivity contribution is 0.0940. The fourth-order valence-electron chi connectivity index (χ4n) is 3.18. The second-order valence-electron chi connectivity index (χ2n) is 5.76. The zero-order valence-corrected chi connectivity index (χ0v) is 12.4. The molecule has 0 radical (unpaired) electrons. The van der Waals surface area contributed by atoms with Crippen molar-refractivity contribution < 1.29 is 4.79 Å². The van der Waals surface area contributed by atoms with Crippen LogP contribution < -0.4 is 10.2 Å². The highest BCUT2D eigenvalue weighted by atomic mass is 16.1. The van der Waals surface area contributed by atoms with Crippen molar-refractivity contribution >= 4 is 11.7 Å². The van der Waals surface area contributed by atoms with E-state index >= 15 is 0 Å². The Balaban J connectivity index is 1.88. The minimum absolute atomic E-state index is 0.0821. The van der Waals surface area contributed by atoms with E-state index in [1.54, 1.807) is 0 Å². The van der Waals surface area contributed by atoms with Crippen LogP contribution in [-0.2, 0) is 6.42 Å². The number of aromatic nitrogens is 2. The van der Waals surface area contributed by atoms with E-state index in [1.807, 2.05) is 30.3 Å². The average Bonchev–Trinajstić information content (AvgIpc) is 3.10. The highest BCUT2D eigenvalue weighted by molar-refractivity contribution is 5.96. The molecule has 1 saturated heterocycles. The number of rotatable bonds is 2. The molecule has 5 nitrogen and oxygen atoms in total. The van der Waals surface area contributed by atoms with E-state index in [1.165, 1.54) is 12.8 Å². The summed E-state index contributed by atoms with van der Waals surface area (Å²) in [6.45, 7) is 2.69. The summed E-state index contributed by atoms with van der Waals surface area (Å²) in [7, 11) is 0. The van der Waals surface area contributed by atoms with Gasteiger partial charge in [0.05, 0.1) is 0 Å². The number of carbonyl (C=O) groups excluding carboxylic acids is 1. The first kappa shape index (κ1) is 13.2. The van der Waals surface area contributed by atoms with Crippen molar-refractivity contribution in [3.05, 3.63) is 41.6 Å². The Hall–Kier alpha value is -2.43. The number of hydrogen-bond donors (Lipinski definition) is 1. The maximum Gasteiger partial charge on any atom is 0.270 e. The van der Waals surface area contributed by atoms with Crippen molar-refractivity contribution in [3.8, 4) is 11.4 Å². The van der Waals surface area contributed by atoms with Gasteiger partial charge in [-0.25, -0.2) is 9.97 Å². The van der Waals surface area contributed by atoms with Crippen molar-refractivity contribution in [1.82, 2.24) is 15.3 Å². The van der Waals surface area contributed by atoms with Gasteiger partial charge in [0.2, 0.25) is 0 Å². The highest BCUT2D eigenvalue weighted by Crippen LogP contribution is 2.29. The van der Waals surface area contributed by atoms with Crippen LogP contribution in [0.15, 0.2) is 30.3 Å². The number of anilines is 1. The zero-order valence-electron chi connectivity index (χ0n) is 12.4. The number of amides is 1. The molecular formula is C17H18N4O. The molecule has 0 aliphatic carbocycles. The lowest BCUT2D eigenvalue weighted by Crippen LogP contribution is -2.35. The van der Waals surface area contributed by atoms with Crippen LogP contribution in [0.3, 0.4) is 0 Å². The summed E-state index contributed by atoms with van der Waals surface area (Å²) in [6, 6.07) is 9.86. The minimum atomic E-state index is -0.0821. The van der Waals surface area contributed by atoms with Gasteiger partial charge in [0.1, 0.15) is 11.5 Å². The molecule has 1 N–H and O–H groups in total. The third-order valence-electron chi connectivity index (χ3n) is 4.30. The van der Waals surface area contributed by atoms with Crippen LogP contribution in [0.2, 0.25) is 0 Å². The maximum atomic E-state index is 12.2. The van der Waals surface area contributed by atoms with Crippen LogP contribution in [0.25, 0.3) is 11.4 Å². The molecule has 0 atom stereocenters. The van der Waals surface area contributed by atoms with Crippen molar-refractivity contribution in [2.75, 3.05) is 24.5 Å². The smallest absolute Gasteiger partial charge is 0.270 e. The normalized spacial score (nSPS) is 17.3. The van der Waals surface area contributed by atoms with Crippen molar-refractivity contribution in [1.29, 1.82) is 0 Å². The molecule has 2 aromatic rings. The molecule has 0 saturated carbocycles. The van der Waals surface area contributed by atoms with Crippen LogP contribution in [0.5, 0.6) is 0 Å². The number of benzene rings is 1. The zero-order chi connectivity index (χ0) is 14.9. The molecule has 5 heteroatoms. The number of nitrogens with zero attached hydrogens (tertiary/aromatic N) is 3. The Morgan fingerprint density at radius 3 is 2.59 bits per heavy atom. The second kappa shape index (κ2) is 5.40. The molecule has 2 aliphatic heterocycles. The Morgan fingerprint density at radius 2 is 1.82 bits per heavy atom. The first-order valence-electron chi connectivity index (χ1n) is 7.82. The van der Waals surface area contributed by atoms with Gasteiger partial charge in [0, 0.05) is 30.8 Å². The number of carbonyl (C=O) groups is 1. The molecule has 1 aromatic heterocycles. The molecule has 4 rings (SSSR count). The quantitative estimate of drug-likeness (QED) is 0.920. The molecule has 1 aromatic carbocycles. The van der Waals surface area contributed by atoms with Crippen LogP contribution in [0, 0.1) is 0 Å². The molecular weight excluding hydrogens is 276 g/mol. The van der Waals surface area contributed by atoms with E-state index in [4.69, 9.17) is 4.98 Å². The van der Waals surface area contributed by atoms with Crippen LogP contribution >= 0.6 is 0 Å². The summed E-state index contributed by atoms with van der Waals surface area (Å²) in [5, 5.41) is 2.89. The Bertz CT molecular complexity index is 708. The van der Waals surface area contributed by atoms with Crippen LogP contribution in [0.1, 0.15) is 28.9 Å². The van der Waals surface area contributed by atoms with E-state index in [0.29, 0.717) is 18.1 Å². The number of nitrogens with one attached hydrogen (secondary N) is 1. The van der Waals surface area contributed by atoms with Crippen LogP contribution in [-0.4, -0.2) is 35.5 Å². The SMILES string of the molecule is O=C1NCCc2c1nc(-c1ccccc1)nc2N1CCCC1. The van der Waals surface area contributed by atoms with E-state index in [0.717, 1.165) is 36.5 Å². The second-order valence-corrected chi connectivity index (χ2v) is 5.76. The third kappa shape index (κ3) is 2.22. The van der Waals surface area contributed by atoms with Crippen molar-refractivity contribution in [2.24, 2.45) is 0 Å². The third-order valence-corrected chi connectivity index (χ3v) is 4.30.